The Kier molecular flexibility index (Phi) is 5.73. The first kappa shape index (κ1) is 19.8. The number of carbonyl (C=O) groups is 3. The fourth-order valence-electron chi connectivity index (χ4n) is 2.68. The molecule has 1 atom stereocenters. The van der Waals surface area contributed by atoms with Gasteiger partial charge in [0.15, 0.2) is 6.10 Å². The van der Waals surface area contributed by atoms with Crippen molar-refractivity contribution in [2.24, 2.45) is 0 Å². The van der Waals surface area contributed by atoms with Crippen LogP contribution in [0.1, 0.15) is 17.3 Å². The van der Waals surface area contributed by atoms with Crippen molar-refractivity contribution >= 4 is 28.8 Å². The fraction of sp³-hybridized carbons (Fsp3) is 0.143. The minimum absolute atomic E-state index is 0.116. The van der Waals surface area contributed by atoms with Gasteiger partial charge in [0.1, 0.15) is 5.75 Å². The molecule has 0 saturated heterocycles. The number of aromatic nitrogens is 1. The Morgan fingerprint density at radius 2 is 1.76 bits per heavy atom. The number of aromatic hydroxyl groups is 1. The maximum Gasteiger partial charge on any atom is 0.339 e. The first-order valence-electron chi connectivity index (χ1n) is 8.82. The zero-order valence-corrected chi connectivity index (χ0v) is 15.8. The minimum Gasteiger partial charge on any atom is -0.508 e. The first-order valence-corrected chi connectivity index (χ1v) is 8.82. The monoisotopic (exact) mass is 393 g/mol. The zero-order chi connectivity index (χ0) is 21.0. The van der Waals surface area contributed by atoms with E-state index in [1.165, 1.54) is 26.1 Å². The molecule has 0 unspecified atom stereocenters. The van der Waals surface area contributed by atoms with E-state index in [4.69, 9.17) is 4.74 Å². The number of amides is 3. The van der Waals surface area contributed by atoms with Crippen LogP contribution in [0.2, 0.25) is 0 Å². The van der Waals surface area contributed by atoms with Crippen molar-refractivity contribution in [3.63, 3.8) is 0 Å². The number of urea groups is 1. The molecule has 29 heavy (non-hydrogen) atoms. The lowest BCUT2D eigenvalue weighted by Gasteiger charge is -2.14. The Balaban J connectivity index is 1.95. The van der Waals surface area contributed by atoms with E-state index in [0.29, 0.717) is 22.2 Å². The van der Waals surface area contributed by atoms with Crippen molar-refractivity contribution in [2.75, 3.05) is 7.05 Å². The highest BCUT2D eigenvalue weighted by atomic mass is 16.5. The number of ether oxygens (including phenoxy) is 1. The van der Waals surface area contributed by atoms with Crippen LogP contribution >= 0.6 is 0 Å². The van der Waals surface area contributed by atoms with E-state index in [0.717, 1.165) is 0 Å². The molecule has 1 aromatic heterocycles. The third kappa shape index (κ3) is 4.49. The number of phenolic OH excluding ortho intramolecular Hbond substituents is 1. The van der Waals surface area contributed by atoms with Crippen LogP contribution in [0.5, 0.6) is 5.75 Å². The zero-order valence-electron chi connectivity index (χ0n) is 15.8. The molecule has 148 valence electrons. The topological polar surface area (TPSA) is 118 Å². The maximum absolute atomic E-state index is 12.8. The number of rotatable bonds is 4. The second-order valence-electron chi connectivity index (χ2n) is 6.23. The fourth-order valence-corrected chi connectivity index (χ4v) is 2.68. The Morgan fingerprint density at radius 1 is 1.07 bits per heavy atom. The van der Waals surface area contributed by atoms with E-state index in [9.17, 15) is 19.5 Å². The Labute approximate surface area is 166 Å². The smallest absolute Gasteiger partial charge is 0.339 e. The van der Waals surface area contributed by atoms with Gasteiger partial charge < -0.3 is 15.2 Å². The van der Waals surface area contributed by atoms with Gasteiger partial charge in [-0.05, 0) is 43.3 Å². The van der Waals surface area contributed by atoms with Crippen molar-refractivity contribution in [1.29, 1.82) is 0 Å². The number of hydrogen-bond donors (Lipinski definition) is 3. The van der Waals surface area contributed by atoms with Crippen LogP contribution in [0, 0.1) is 0 Å². The largest absolute Gasteiger partial charge is 0.508 e. The average molecular weight is 393 g/mol. The van der Waals surface area contributed by atoms with Gasteiger partial charge in [0, 0.05) is 18.0 Å². The van der Waals surface area contributed by atoms with Gasteiger partial charge in [-0.3, -0.25) is 10.1 Å². The minimum atomic E-state index is -1.18. The first-order chi connectivity index (χ1) is 13.9. The summed E-state index contributed by atoms with van der Waals surface area (Å²) in [6, 6.07) is 14.3. The second kappa shape index (κ2) is 8.39. The lowest BCUT2D eigenvalue weighted by molar-refractivity contribution is -0.127. The van der Waals surface area contributed by atoms with Crippen LogP contribution in [0.4, 0.5) is 4.79 Å². The van der Waals surface area contributed by atoms with Gasteiger partial charge in [-0.25, -0.2) is 14.6 Å². The molecular weight excluding hydrogens is 374 g/mol. The second-order valence-corrected chi connectivity index (χ2v) is 6.23. The van der Waals surface area contributed by atoms with Crippen LogP contribution in [-0.2, 0) is 9.53 Å². The van der Waals surface area contributed by atoms with E-state index >= 15 is 0 Å². The quantitative estimate of drug-likeness (QED) is 0.587. The van der Waals surface area contributed by atoms with E-state index in [-0.39, 0.29) is 11.3 Å². The van der Waals surface area contributed by atoms with Crippen LogP contribution in [0.15, 0.2) is 54.6 Å². The lowest BCUT2D eigenvalue weighted by Crippen LogP contribution is -2.43. The van der Waals surface area contributed by atoms with Crippen molar-refractivity contribution < 1.29 is 24.2 Å². The van der Waals surface area contributed by atoms with Gasteiger partial charge >= 0.3 is 12.0 Å². The molecule has 8 heteroatoms. The number of esters is 1. The highest BCUT2D eigenvalue weighted by Gasteiger charge is 2.22. The van der Waals surface area contributed by atoms with Gasteiger partial charge in [0.05, 0.1) is 16.8 Å². The highest BCUT2D eigenvalue weighted by molar-refractivity contribution is 6.06. The molecule has 3 amide bonds. The van der Waals surface area contributed by atoms with Crippen molar-refractivity contribution in [3.8, 4) is 17.0 Å². The van der Waals surface area contributed by atoms with E-state index in [1.807, 2.05) is 0 Å². The molecule has 0 bridgehead atoms. The number of pyridine rings is 1. The molecule has 0 saturated carbocycles. The van der Waals surface area contributed by atoms with Crippen LogP contribution in [-0.4, -0.2) is 41.1 Å². The molecule has 0 fully saturated rings. The Bertz CT molecular complexity index is 1080. The summed E-state index contributed by atoms with van der Waals surface area (Å²) in [4.78, 5) is 40.6. The summed E-state index contributed by atoms with van der Waals surface area (Å²) in [5.74, 6) is -1.34. The van der Waals surface area contributed by atoms with Crippen LogP contribution in [0.25, 0.3) is 22.2 Å². The molecule has 0 aliphatic heterocycles. The summed E-state index contributed by atoms with van der Waals surface area (Å²) in [5, 5.41) is 14.4. The van der Waals surface area contributed by atoms with E-state index in [1.54, 1.807) is 42.5 Å². The summed E-state index contributed by atoms with van der Waals surface area (Å²) >= 11 is 0. The lowest BCUT2D eigenvalue weighted by atomic mass is 10.0. The third-order valence-electron chi connectivity index (χ3n) is 4.22. The molecule has 8 nitrogen and oxygen atoms in total. The normalized spacial score (nSPS) is 11.5. The molecule has 3 aromatic rings. The summed E-state index contributed by atoms with van der Waals surface area (Å²) in [5.41, 5.74) is 2.02. The number of phenols is 1. The van der Waals surface area contributed by atoms with Crippen molar-refractivity contribution in [2.45, 2.75) is 13.0 Å². The number of imide groups is 1. The van der Waals surface area contributed by atoms with Crippen molar-refractivity contribution in [3.05, 3.63) is 60.2 Å². The molecule has 1 heterocycles. The average Bonchev–Trinajstić information content (AvgIpc) is 2.73. The summed E-state index contributed by atoms with van der Waals surface area (Å²) < 4.78 is 5.26. The van der Waals surface area contributed by atoms with Gasteiger partial charge in [-0.1, -0.05) is 18.2 Å². The molecule has 0 aliphatic rings. The van der Waals surface area contributed by atoms with Gasteiger partial charge in [-0.2, -0.15) is 0 Å². The molecule has 0 radical (unpaired) electrons. The predicted octanol–water partition coefficient (Wildman–Crippen LogP) is 2.61. The number of nitrogens with one attached hydrogen (secondary N) is 2. The van der Waals surface area contributed by atoms with E-state index in [2.05, 4.69) is 15.6 Å². The molecular formula is C21H19N3O5. The Hall–Kier alpha value is -3.94. The number of hydrogen-bond acceptors (Lipinski definition) is 6. The number of para-hydroxylation sites is 1. The SMILES string of the molecule is CNC(=O)NC(=O)[C@@H](C)OC(=O)c1cc(-c2ccc(O)cc2)nc2ccccc12. The molecule has 2 aromatic carbocycles. The molecule has 3 N–H and O–H groups in total. The number of nitrogens with zero attached hydrogens (tertiary/aromatic N) is 1. The van der Waals surface area contributed by atoms with Gasteiger partial charge in [0.2, 0.25) is 0 Å². The standard InChI is InChI=1S/C21H19N3O5/c1-12(19(26)24-21(28)22-2)29-20(27)16-11-18(13-7-9-14(25)10-8-13)23-17-6-4-3-5-15(16)17/h3-12,25H,1-2H3,(H2,22,24,26,28)/t12-/m1/s1. The summed E-state index contributed by atoms with van der Waals surface area (Å²) in [6.45, 7) is 1.38. The van der Waals surface area contributed by atoms with Crippen molar-refractivity contribution in [1.82, 2.24) is 15.6 Å². The molecule has 0 spiro atoms. The molecule has 3 rings (SSSR count). The van der Waals surface area contributed by atoms with Gasteiger partial charge in [-0.15, -0.1) is 0 Å². The summed E-state index contributed by atoms with van der Waals surface area (Å²) in [6.07, 6.45) is -1.18. The van der Waals surface area contributed by atoms with Crippen LogP contribution in [0.3, 0.4) is 0 Å². The number of benzene rings is 2. The highest BCUT2D eigenvalue weighted by Crippen LogP contribution is 2.26. The van der Waals surface area contributed by atoms with Gasteiger partial charge in [0.25, 0.3) is 5.91 Å². The van der Waals surface area contributed by atoms with E-state index < -0.39 is 24.0 Å². The predicted molar refractivity (Wildman–Crippen MR) is 106 cm³/mol. The van der Waals surface area contributed by atoms with Crippen LogP contribution < -0.4 is 10.6 Å². The maximum atomic E-state index is 12.8. The number of fused-ring (bicyclic) bond motifs is 1. The Morgan fingerprint density at radius 3 is 2.45 bits per heavy atom. The third-order valence-corrected chi connectivity index (χ3v) is 4.22. The number of carbonyl (C=O) groups excluding carboxylic acids is 3. The summed E-state index contributed by atoms with van der Waals surface area (Å²) in [7, 11) is 1.37. The molecule has 0 aliphatic carbocycles.